The summed E-state index contributed by atoms with van der Waals surface area (Å²) < 4.78 is 0. The molecule has 0 fully saturated rings. The molecule has 0 aliphatic rings. The number of hydroxylamine groups is 1. The summed E-state index contributed by atoms with van der Waals surface area (Å²) in [6.07, 6.45) is 5.13. The molecule has 0 spiro atoms. The molecule has 0 saturated heterocycles. The zero-order valence-electron chi connectivity index (χ0n) is 7.09. The van der Waals surface area contributed by atoms with E-state index in [-0.39, 0.29) is 5.91 Å². The lowest BCUT2D eigenvalue weighted by Crippen LogP contribution is -2.21. The van der Waals surface area contributed by atoms with Crippen LogP contribution in [0.25, 0.3) is 0 Å². The minimum Gasteiger partial charge on any atom is -0.273 e. The topological polar surface area (TPSA) is 38.3 Å². The standard InChI is InChI=1S/C8H15NO2/c1-3-5-7-11-9-8(10)6-4-2/h4,6H,3,5,7H2,1-2H3,(H,9,10). The Morgan fingerprint density at radius 2 is 2.36 bits per heavy atom. The number of hydrogen-bond acceptors (Lipinski definition) is 2. The summed E-state index contributed by atoms with van der Waals surface area (Å²) in [6, 6.07) is 0. The molecule has 1 amide bonds. The Labute approximate surface area is 67.4 Å². The van der Waals surface area contributed by atoms with E-state index in [0.29, 0.717) is 6.61 Å². The van der Waals surface area contributed by atoms with Gasteiger partial charge in [0.25, 0.3) is 5.91 Å². The molecular formula is C8H15NO2. The SMILES string of the molecule is CC=CC(=O)NOCCCC. The van der Waals surface area contributed by atoms with Crippen molar-refractivity contribution in [1.82, 2.24) is 5.48 Å². The fourth-order valence-electron chi connectivity index (χ4n) is 0.524. The van der Waals surface area contributed by atoms with E-state index in [9.17, 15) is 4.79 Å². The molecule has 0 saturated carbocycles. The van der Waals surface area contributed by atoms with Gasteiger partial charge in [-0.25, -0.2) is 5.48 Å². The van der Waals surface area contributed by atoms with Crippen LogP contribution in [0.2, 0.25) is 0 Å². The maximum Gasteiger partial charge on any atom is 0.267 e. The summed E-state index contributed by atoms with van der Waals surface area (Å²) >= 11 is 0. The van der Waals surface area contributed by atoms with Gasteiger partial charge in [-0.15, -0.1) is 0 Å². The average Bonchev–Trinajstić information content (AvgIpc) is 1.99. The average molecular weight is 157 g/mol. The monoisotopic (exact) mass is 157 g/mol. The fourth-order valence-corrected chi connectivity index (χ4v) is 0.524. The molecule has 0 aromatic heterocycles. The second kappa shape index (κ2) is 7.28. The van der Waals surface area contributed by atoms with Crippen LogP contribution in [0.5, 0.6) is 0 Å². The Bertz CT molecular complexity index is 132. The molecular weight excluding hydrogens is 142 g/mol. The maximum atomic E-state index is 10.7. The molecule has 0 aliphatic carbocycles. The van der Waals surface area contributed by atoms with Crippen molar-refractivity contribution in [1.29, 1.82) is 0 Å². The van der Waals surface area contributed by atoms with Crippen molar-refractivity contribution in [2.75, 3.05) is 6.61 Å². The van der Waals surface area contributed by atoms with Crippen LogP contribution in [0.1, 0.15) is 26.7 Å². The van der Waals surface area contributed by atoms with Gasteiger partial charge < -0.3 is 0 Å². The molecule has 0 unspecified atom stereocenters. The highest BCUT2D eigenvalue weighted by molar-refractivity contribution is 5.86. The van der Waals surface area contributed by atoms with Crippen LogP contribution >= 0.6 is 0 Å². The molecule has 0 atom stereocenters. The molecule has 0 aromatic rings. The van der Waals surface area contributed by atoms with Gasteiger partial charge in [0.2, 0.25) is 0 Å². The van der Waals surface area contributed by atoms with Crippen LogP contribution in [0.15, 0.2) is 12.2 Å². The molecule has 0 aromatic carbocycles. The smallest absolute Gasteiger partial charge is 0.267 e. The van der Waals surface area contributed by atoms with Crippen molar-refractivity contribution in [3.8, 4) is 0 Å². The van der Waals surface area contributed by atoms with Gasteiger partial charge in [0.1, 0.15) is 0 Å². The lowest BCUT2D eigenvalue weighted by atomic mass is 10.4. The fraction of sp³-hybridized carbons (Fsp3) is 0.625. The van der Waals surface area contributed by atoms with Crippen molar-refractivity contribution in [3.63, 3.8) is 0 Å². The van der Waals surface area contributed by atoms with Crippen molar-refractivity contribution >= 4 is 5.91 Å². The first-order valence-electron chi connectivity index (χ1n) is 3.85. The Balaban J connectivity index is 3.17. The zero-order valence-corrected chi connectivity index (χ0v) is 7.09. The minimum atomic E-state index is -0.205. The predicted octanol–water partition coefficient (Wildman–Crippen LogP) is 1.41. The van der Waals surface area contributed by atoms with Gasteiger partial charge in [-0.05, 0) is 13.3 Å². The molecule has 0 heterocycles. The van der Waals surface area contributed by atoms with E-state index in [1.807, 2.05) is 0 Å². The molecule has 3 heteroatoms. The van der Waals surface area contributed by atoms with Gasteiger partial charge >= 0.3 is 0 Å². The lowest BCUT2D eigenvalue weighted by molar-refractivity contribution is -0.128. The Hall–Kier alpha value is -0.830. The summed E-state index contributed by atoms with van der Waals surface area (Å²) in [7, 11) is 0. The maximum absolute atomic E-state index is 10.7. The molecule has 3 nitrogen and oxygen atoms in total. The molecule has 0 radical (unpaired) electrons. The number of carbonyl (C=O) groups is 1. The van der Waals surface area contributed by atoms with Crippen molar-refractivity contribution in [2.24, 2.45) is 0 Å². The highest BCUT2D eigenvalue weighted by atomic mass is 16.6. The molecule has 11 heavy (non-hydrogen) atoms. The van der Waals surface area contributed by atoms with E-state index in [1.54, 1.807) is 13.0 Å². The van der Waals surface area contributed by atoms with Crippen molar-refractivity contribution < 1.29 is 9.63 Å². The van der Waals surface area contributed by atoms with Crippen LogP contribution in [0.3, 0.4) is 0 Å². The number of allylic oxidation sites excluding steroid dienone is 1. The second-order valence-electron chi connectivity index (χ2n) is 2.17. The number of rotatable bonds is 5. The van der Waals surface area contributed by atoms with Crippen LogP contribution in [0, 0.1) is 0 Å². The summed E-state index contributed by atoms with van der Waals surface area (Å²) in [5.74, 6) is -0.205. The van der Waals surface area contributed by atoms with Crippen LogP contribution in [0.4, 0.5) is 0 Å². The summed E-state index contributed by atoms with van der Waals surface area (Å²) in [5, 5.41) is 0. The molecule has 1 N–H and O–H groups in total. The largest absolute Gasteiger partial charge is 0.273 e. The Morgan fingerprint density at radius 3 is 2.91 bits per heavy atom. The summed E-state index contributed by atoms with van der Waals surface area (Å²) in [5.41, 5.74) is 2.29. The summed E-state index contributed by atoms with van der Waals surface area (Å²) in [6.45, 7) is 4.43. The normalized spacial score (nSPS) is 10.4. The van der Waals surface area contributed by atoms with Gasteiger partial charge in [-0.1, -0.05) is 19.4 Å². The molecule has 0 rings (SSSR count). The van der Waals surface area contributed by atoms with Crippen LogP contribution < -0.4 is 5.48 Å². The molecule has 64 valence electrons. The highest BCUT2D eigenvalue weighted by Gasteiger charge is 1.91. The van der Waals surface area contributed by atoms with Gasteiger partial charge in [-0.3, -0.25) is 9.63 Å². The van der Waals surface area contributed by atoms with E-state index in [0.717, 1.165) is 12.8 Å². The number of amides is 1. The molecule has 0 aliphatic heterocycles. The van der Waals surface area contributed by atoms with Gasteiger partial charge in [0, 0.05) is 6.08 Å². The van der Waals surface area contributed by atoms with E-state index < -0.39 is 0 Å². The zero-order chi connectivity index (χ0) is 8.53. The van der Waals surface area contributed by atoms with E-state index >= 15 is 0 Å². The third-order valence-electron chi connectivity index (χ3n) is 1.09. The lowest BCUT2D eigenvalue weighted by Gasteiger charge is -2.00. The second-order valence-corrected chi connectivity index (χ2v) is 2.17. The highest BCUT2D eigenvalue weighted by Crippen LogP contribution is 1.84. The van der Waals surface area contributed by atoms with Crippen LogP contribution in [-0.2, 0) is 9.63 Å². The quantitative estimate of drug-likeness (QED) is 0.372. The number of unbranched alkanes of at least 4 members (excludes halogenated alkanes) is 1. The van der Waals surface area contributed by atoms with Gasteiger partial charge in [0.15, 0.2) is 0 Å². The van der Waals surface area contributed by atoms with Crippen molar-refractivity contribution in [3.05, 3.63) is 12.2 Å². The first-order chi connectivity index (χ1) is 5.31. The van der Waals surface area contributed by atoms with E-state index in [4.69, 9.17) is 4.84 Å². The third kappa shape index (κ3) is 7.06. The molecule has 0 bridgehead atoms. The van der Waals surface area contributed by atoms with Crippen LogP contribution in [-0.4, -0.2) is 12.5 Å². The van der Waals surface area contributed by atoms with Gasteiger partial charge in [-0.2, -0.15) is 0 Å². The first-order valence-corrected chi connectivity index (χ1v) is 3.85. The summed E-state index contributed by atoms with van der Waals surface area (Å²) in [4.78, 5) is 15.5. The number of nitrogens with one attached hydrogen (secondary N) is 1. The number of carbonyl (C=O) groups excluding carboxylic acids is 1. The Kier molecular flexibility index (Phi) is 6.73. The Morgan fingerprint density at radius 1 is 1.64 bits per heavy atom. The predicted molar refractivity (Wildman–Crippen MR) is 43.8 cm³/mol. The third-order valence-corrected chi connectivity index (χ3v) is 1.09. The van der Waals surface area contributed by atoms with E-state index in [2.05, 4.69) is 12.4 Å². The van der Waals surface area contributed by atoms with Crippen molar-refractivity contribution in [2.45, 2.75) is 26.7 Å². The number of hydrogen-bond donors (Lipinski definition) is 1. The van der Waals surface area contributed by atoms with Gasteiger partial charge in [0.05, 0.1) is 6.61 Å². The first kappa shape index (κ1) is 10.2. The minimum absolute atomic E-state index is 0.205. The van der Waals surface area contributed by atoms with E-state index in [1.165, 1.54) is 6.08 Å².